The molecule has 0 saturated heterocycles. The van der Waals surface area contributed by atoms with E-state index in [1.54, 1.807) is 18.2 Å². The number of carbonyl (C=O) groups is 1. The van der Waals surface area contributed by atoms with Crippen molar-refractivity contribution in [2.24, 2.45) is 0 Å². The molecule has 0 aliphatic rings. The summed E-state index contributed by atoms with van der Waals surface area (Å²) >= 11 is 0. The van der Waals surface area contributed by atoms with Crippen molar-refractivity contribution in [2.45, 2.75) is 76.0 Å². The van der Waals surface area contributed by atoms with Crippen LogP contribution in [-0.4, -0.2) is 24.0 Å². The molecule has 0 spiro atoms. The number of rotatable bonds is 11. The zero-order valence-electron chi connectivity index (χ0n) is 16.5. The number of unbranched alkanes of at least 4 members (excludes halogenated alkanes) is 8. The predicted molar refractivity (Wildman–Crippen MR) is 96.8 cm³/mol. The Kier molecular flexibility index (Phi) is 18.3. The summed E-state index contributed by atoms with van der Waals surface area (Å²) in [6, 6.07) is 7.42. The van der Waals surface area contributed by atoms with Gasteiger partial charge in [0, 0.05) is 6.42 Å². The molecule has 0 unspecified atom stereocenters. The molecule has 0 bridgehead atoms. The van der Waals surface area contributed by atoms with Crippen LogP contribution in [0, 0.1) is 0 Å². The normalized spacial score (nSPS) is 10.3. The molecule has 1 rings (SSSR count). The fourth-order valence-corrected chi connectivity index (χ4v) is 2.68. The molecule has 2 N–H and O–H groups in total. The summed E-state index contributed by atoms with van der Waals surface area (Å²) in [5.74, 6) is -0.659. The van der Waals surface area contributed by atoms with Crippen molar-refractivity contribution in [1.82, 2.24) is 0 Å². The Hall–Kier alpha value is -0.400. The van der Waals surface area contributed by atoms with Gasteiger partial charge in [0.2, 0.25) is 0 Å². The van der Waals surface area contributed by atoms with Crippen molar-refractivity contribution in [2.75, 3.05) is 0 Å². The minimum Gasteiger partial charge on any atom is -1.00 e. The number of hydrogen-bond donors (Lipinski definition) is 2. The SMILES string of the molecule is CCCCCCCCCCCC(=O)O.O=S(=O)(O)c1ccccc1.[H-].[Na+]. The third-order valence-electron chi connectivity index (χ3n) is 3.54. The Labute approximate surface area is 175 Å². The summed E-state index contributed by atoms with van der Waals surface area (Å²) in [4.78, 5) is 10.1. The zero-order valence-corrected chi connectivity index (χ0v) is 18.3. The van der Waals surface area contributed by atoms with E-state index in [-0.39, 0.29) is 35.9 Å². The van der Waals surface area contributed by atoms with E-state index in [1.165, 1.54) is 57.1 Å². The summed E-state index contributed by atoms with van der Waals surface area (Å²) in [5, 5.41) is 8.41. The fourth-order valence-electron chi connectivity index (χ4n) is 2.18. The summed E-state index contributed by atoms with van der Waals surface area (Å²) in [7, 11) is -4.00. The van der Waals surface area contributed by atoms with Crippen molar-refractivity contribution < 1.29 is 53.9 Å². The molecule has 0 amide bonds. The second-order valence-electron chi connectivity index (χ2n) is 5.76. The first-order valence-corrected chi connectivity index (χ1v) is 10.1. The maximum absolute atomic E-state index is 10.4. The van der Waals surface area contributed by atoms with Crippen LogP contribution < -0.4 is 29.6 Å². The Morgan fingerprint density at radius 3 is 1.72 bits per heavy atom. The van der Waals surface area contributed by atoms with Gasteiger partial charge >= 0.3 is 35.5 Å². The Bertz CT molecular complexity index is 538. The van der Waals surface area contributed by atoms with Crippen molar-refractivity contribution in [3.8, 4) is 0 Å². The number of hydrogen-bond acceptors (Lipinski definition) is 3. The number of carboxylic acid groups (broad SMARTS) is 1. The molecule has 0 heterocycles. The summed E-state index contributed by atoms with van der Waals surface area (Å²) < 4.78 is 29.2. The van der Waals surface area contributed by atoms with Crippen LogP contribution >= 0.6 is 0 Å². The summed E-state index contributed by atoms with van der Waals surface area (Å²) in [6.45, 7) is 2.23. The maximum Gasteiger partial charge on any atom is 1.00 e. The minimum atomic E-state index is -4.00. The quantitative estimate of drug-likeness (QED) is 0.347. The molecule has 1 aromatic rings. The van der Waals surface area contributed by atoms with Gasteiger partial charge in [0.25, 0.3) is 10.1 Å². The molecule has 0 aliphatic heterocycles. The van der Waals surface area contributed by atoms with Crippen molar-refractivity contribution in [3.05, 3.63) is 30.3 Å². The molecule has 25 heavy (non-hydrogen) atoms. The minimum absolute atomic E-state index is 0. The topological polar surface area (TPSA) is 91.7 Å². The molecule has 0 fully saturated rings. The van der Waals surface area contributed by atoms with Crippen molar-refractivity contribution in [1.29, 1.82) is 0 Å². The molecule has 0 saturated carbocycles. The molecular weight excluding hydrogens is 351 g/mol. The van der Waals surface area contributed by atoms with Crippen LogP contribution in [0.1, 0.15) is 72.6 Å². The van der Waals surface area contributed by atoms with Gasteiger partial charge in [-0.05, 0) is 18.6 Å². The standard InChI is InChI=1S/C12H24O2.C6H6O3S.Na.H/c1-2-3-4-5-6-7-8-9-10-11-12(13)14;7-10(8,9)6-4-2-1-3-5-6;;/h2-11H2,1H3,(H,13,14);1-5H,(H,7,8,9);;/q;;+1;-1. The van der Waals surface area contributed by atoms with E-state index in [1.807, 2.05) is 0 Å². The molecule has 7 heteroatoms. The van der Waals surface area contributed by atoms with Crippen LogP contribution in [0.5, 0.6) is 0 Å². The average molecular weight is 382 g/mol. The Balaban J connectivity index is -0.000000393. The van der Waals surface area contributed by atoms with E-state index < -0.39 is 16.1 Å². The van der Waals surface area contributed by atoms with Crippen LogP contribution in [0.2, 0.25) is 0 Å². The van der Waals surface area contributed by atoms with E-state index in [0.29, 0.717) is 6.42 Å². The molecular formula is C18H31NaO5S. The fraction of sp³-hybridized carbons (Fsp3) is 0.611. The first-order chi connectivity index (χ1) is 11.4. The zero-order chi connectivity index (χ0) is 18.3. The molecule has 0 atom stereocenters. The van der Waals surface area contributed by atoms with Crippen LogP contribution in [0.25, 0.3) is 0 Å². The largest absolute Gasteiger partial charge is 1.00 e. The van der Waals surface area contributed by atoms with E-state index in [2.05, 4.69) is 6.92 Å². The van der Waals surface area contributed by atoms with Gasteiger partial charge in [-0.2, -0.15) is 8.42 Å². The molecule has 1 aromatic carbocycles. The molecule has 5 nitrogen and oxygen atoms in total. The van der Waals surface area contributed by atoms with Crippen molar-refractivity contribution >= 4 is 16.1 Å². The van der Waals surface area contributed by atoms with Gasteiger partial charge in [-0.25, -0.2) is 0 Å². The first kappa shape index (κ1) is 26.8. The van der Waals surface area contributed by atoms with Gasteiger partial charge in [0.1, 0.15) is 0 Å². The molecule has 0 aromatic heterocycles. The monoisotopic (exact) mass is 382 g/mol. The summed E-state index contributed by atoms with van der Waals surface area (Å²) in [6.07, 6.45) is 11.5. The number of carboxylic acids is 1. The second kappa shape index (κ2) is 17.0. The van der Waals surface area contributed by atoms with Gasteiger partial charge < -0.3 is 6.53 Å². The summed E-state index contributed by atoms with van der Waals surface area (Å²) in [5.41, 5.74) is 0. The van der Waals surface area contributed by atoms with Gasteiger partial charge in [0.05, 0.1) is 4.90 Å². The van der Waals surface area contributed by atoms with Crippen molar-refractivity contribution in [3.63, 3.8) is 0 Å². The average Bonchev–Trinajstić information content (AvgIpc) is 2.54. The van der Waals surface area contributed by atoms with Gasteiger partial charge in [-0.3, -0.25) is 9.35 Å². The van der Waals surface area contributed by atoms with E-state index in [9.17, 15) is 13.2 Å². The number of benzene rings is 1. The predicted octanol–water partition coefficient (Wildman–Crippen LogP) is 2.04. The van der Waals surface area contributed by atoms with Gasteiger partial charge in [-0.1, -0.05) is 76.5 Å². The van der Waals surface area contributed by atoms with Gasteiger partial charge in [-0.15, -0.1) is 0 Å². The third-order valence-corrected chi connectivity index (χ3v) is 4.40. The Morgan fingerprint density at radius 1 is 0.920 bits per heavy atom. The first-order valence-electron chi connectivity index (χ1n) is 8.62. The van der Waals surface area contributed by atoms with Crippen LogP contribution in [0.15, 0.2) is 35.2 Å². The smallest absolute Gasteiger partial charge is 1.00 e. The second-order valence-corrected chi connectivity index (χ2v) is 7.18. The van der Waals surface area contributed by atoms with Crippen LogP contribution in [0.3, 0.4) is 0 Å². The van der Waals surface area contributed by atoms with E-state index >= 15 is 0 Å². The maximum atomic E-state index is 10.4. The number of aliphatic carboxylic acids is 1. The third kappa shape index (κ3) is 18.2. The van der Waals surface area contributed by atoms with Crippen LogP contribution in [0.4, 0.5) is 0 Å². The van der Waals surface area contributed by atoms with Crippen LogP contribution in [-0.2, 0) is 14.9 Å². The molecule has 140 valence electrons. The van der Waals surface area contributed by atoms with E-state index in [0.717, 1.165) is 12.8 Å². The van der Waals surface area contributed by atoms with E-state index in [4.69, 9.17) is 9.66 Å². The Morgan fingerprint density at radius 2 is 1.36 bits per heavy atom. The molecule has 0 radical (unpaired) electrons. The molecule has 0 aliphatic carbocycles. The van der Waals surface area contributed by atoms with Gasteiger partial charge in [0.15, 0.2) is 0 Å².